The Balaban J connectivity index is 1.57. The molecule has 34 heavy (non-hydrogen) atoms. The van der Waals surface area contributed by atoms with E-state index in [-0.39, 0.29) is 17.0 Å². The number of hydrogen-bond acceptors (Lipinski definition) is 4. The highest BCUT2D eigenvalue weighted by Crippen LogP contribution is 2.35. The number of rotatable bonds is 6. The molecule has 172 valence electrons. The number of amides is 3. The Morgan fingerprint density at radius 1 is 1.12 bits per heavy atom. The van der Waals surface area contributed by atoms with Crippen LogP contribution >= 0.6 is 27.5 Å². The van der Waals surface area contributed by atoms with Gasteiger partial charge in [0.1, 0.15) is 17.1 Å². The fourth-order valence-corrected chi connectivity index (χ4v) is 4.16. The summed E-state index contributed by atoms with van der Waals surface area (Å²) in [5, 5.41) is 3.99. The number of hydrazine groups is 1. The molecule has 2 N–H and O–H groups in total. The fourth-order valence-electron chi connectivity index (χ4n) is 3.21. The van der Waals surface area contributed by atoms with Crippen LogP contribution in [0.2, 0.25) is 5.02 Å². The molecule has 0 atom stereocenters. The van der Waals surface area contributed by atoms with Crippen molar-refractivity contribution < 1.29 is 23.5 Å². The van der Waals surface area contributed by atoms with Gasteiger partial charge in [0.15, 0.2) is 6.61 Å². The average molecular weight is 545 g/mol. The summed E-state index contributed by atoms with van der Waals surface area (Å²) in [6.45, 7) is -0.413. The molecule has 0 unspecified atom stereocenters. The zero-order chi connectivity index (χ0) is 24.2. The SMILES string of the molecule is O=C(COc1c(Br)cc(Cl)cc1/C=C1/C(=O)NN(c2ccccc2)C1=O)Nc1cccc(F)c1. The third-order valence-electron chi connectivity index (χ3n) is 4.70. The molecule has 4 rings (SSSR count). The molecule has 0 saturated carbocycles. The van der Waals surface area contributed by atoms with Crippen molar-refractivity contribution in [2.45, 2.75) is 0 Å². The summed E-state index contributed by atoms with van der Waals surface area (Å²) in [7, 11) is 0. The Kier molecular flexibility index (Phi) is 6.95. The molecule has 1 fully saturated rings. The smallest absolute Gasteiger partial charge is 0.282 e. The number of halogens is 3. The Bertz CT molecular complexity index is 1320. The van der Waals surface area contributed by atoms with Crippen molar-refractivity contribution in [3.63, 3.8) is 0 Å². The van der Waals surface area contributed by atoms with Crippen LogP contribution in [-0.2, 0) is 14.4 Å². The van der Waals surface area contributed by atoms with Gasteiger partial charge in [0.2, 0.25) is 0 Å². The first-order valence-electron chi connectivity index (χ1n) is 9.91. The third-order valence-corrected chi connectivity index (χ3v) is 5.51. The van der Waals surface area contributed by atoms with Crippen LogP contribution in [0, 0.1) is 5.82 Å². The second kappa shape index (κ2) is 10.1. The Morgan fingerprint density at radius 2 is 1.88 bits per heavy atom. The average Bonchev–Trinajstić information content (AvgIpc) is 3.07. The van der Waals surface area contributed by atoms with Gasteiger partial charge in [-0.3, -0.25) is 19.8 Å². The summed E-state index contributed by atoms with van der Waals surface area (Å²) >= 11 is 9.50. The van der Waals surface area contributed by atoms with Crippen LogP contribution in [-0.4, -0.2) is 24.3 Å². The van der Waals surface area contributed by atoms with Gasteiger partial charge in [0, 0.05) is 16.3 Å². The number of anilines is 2. The van der Waals surface area contributed by atoms with Crippen molar-refractivity contribution in [2.75, 3.05) is 16.9 Å². The molecule has 0 bridgehead atoms. The summed E-state index contributed by atoms with van der Waals surface area (Å²) in [4.78, 5) is 37.7. The second-order valence-corrected chi connectivity index (χ2v) is 8.42. The van der Waals surface area contributed by atoms with E-state index >= 15 is 0 Å². The predicted molar refractivity (Wildman–Crippen MR) is 130 cm³/mol. The summed E-state index contributed by atoms with van der Waals surface area (Å²) in [5.41, 5.74) is 3.48. The Hall–Kier alpha value is -3.69. The lowest BCUT2D eigenvalue weighted by atomic mass is 10.1. The number of carbonyl (C=O) groups excluding carboxylic acids is 3. The van der Waals surface area contributed by atoms with E-state index in [1.165, 1.54) is 36.4 Å². The molecule has 0 radical (unpaired) electrons. The highest BCUT2D eigenvalue weighted by molar-refractivity contribution is 9.10. The van der Waals surface area contributed by atoms with E-state index in [9.17, 15) is 18.8 Å². The van der Waals surface area contributed by atoms with Crippen LogP contribution in [0.5, 0.6) is 5.75 Å². The van der Waals surface area contributed by atoms with Gasteiger partial charge in [-0.2, -0.15) is 0 Å². The molecule has 1 saturated heterocycles. The molecule has 3 aromatic rings. The number of benzene rings is 3. The first kappa shape index (κ1) is 23.5. The van der Waals surface area contributed by atoms with E-state index < -0.39 is 30.1 Å². The van der Waals surface area contributed by atoms with Gasteiger partial charge in [0.05, 0.1) is 10.2 Å². The van der Waals surface area contributed by atoms with Crippen molar-refractivity contribution >= 4 is 62.7 Å². The minimum absolute atomic E-state index is 0.132. The first-order valence-corrected chi connectivity index (χ1v) is 11.1. The van der Waals surface area contributed by atoms with Gasteiger partial charge in [-0.05, 0) is 64.5 Å². The number of ether oxygens (including phenoxy) is 1. The number of para-hydroxylation sites is 1. The van der Waals surface area contributed by atoms with Gasteiger partial charge >= 0.3 is 0 Å². The van der Waals surface area contributed by atoms with Crippen LogP contribution in [0.3, 0.4) is 0 Å². The van der Waals surface area contributed by atoms with E-state index in [4.69, 9.17) is 16.3 Å². The zero-order valence-corrected chi connectivity index (χ0v) is 19.7. The standard InChI is InChI=1S/C24H16BrClFN3O4/c25-20-11-15(26)9-14(22(20)34-13-21(31)28-17-6-4-5-16(27)12-17)10-19-23(32)29-30(24(19)33)18-7-2-1-3-8-18/h1-12H,13H2,(H,28,31)(H,29,32)/b19-10-. The minimum Gasteiger partial charge on any atom is -0.482 e. The van der Waals surface area contributed by atoms with Crippen molar-refractivity contribution in [3.05, 3.63) is 93.2 Å². The van der Waals surface area contributed by atoms with E-state index in [1.54, 1.807) is 36.4 Å². The molecule has 7 nitrogen and oxygen atoms in total. The van der Waals surface area contributed by atoms with Crippen LogP contribution in [0.15, 0.2) is 76.8 Å². The lowest BCUT2D eigenvalue weighted by Crippen LogP contribution is -2.35. The number of carbonyl (C=O) groups is 3. The van der Waals surface area contributed by atoms with E-state index in [2.05, 4.69) is 26.7 Å². The highest BCUT2D eigenvalue weighted by Gasteiger charge is 2.34. The van der Waals surface area contributed by atoms with E-state index in [1.807, 2.05) is 0 Å². The highest BCUT2D eigenvalue weighted by atomic mass is 79.9. The van der Waals surface area contributed by atoms with Crippen LogP contribution < -0.4 is 20.5 Å². The second-order valence-electron chi connectivity index (χ2n) is 7.13. The molecule has 1 aliphatic rings. The largest absolute Gasteiger partial charge is 0.482 e. The summed E-state index contributed by atoms with van der Waals surface area (Å²) in [5.74, 6) is -1.97. The molecule has 0 aromatic heterocycles. The molecular formula is C24H16BrClFN3O4. The minimum atomic E-state index is -0.597. The molecular weight excluding hydrogens is 529 g/mol. The Labute approximate surface area is 207 Å². The van der Waals surface area contributed by atoms with Gasteiger partial charge in [-0.1, -0.05) is 35.9 Å². The van der Waals surface area contributed by atoms with Crippen molar-refractivity contribution in [3.8, 4) is 5.75 Å². The van der Waals surface area contributed by atoms with Crippen molar-refractivity contribution in [1.29, 1.82) is 0 Å². The van der Waals surface area contributed by atoms with Crippen LogP contribution in [0.1, 0.15) is 5.56 Å². The van der Waals surface area contributed by atoms with Crippen molar-refractivity contribution in [2.24, 2.45) is 0 Å². The Morgan fingerprint density at radius 3 is 2.62 bits per heavy atom. The van der Waals surface area contributed by atoms with Gasteiger partial charge in [0.25, 0.3) is 17.7 Å². The number of nitrogens with zero attached hydrogens (tertiary/aromatic N) is 1. The molecule has 10 heteroatoms. The van der Waals surface area contributed by atoms with Gasteiger partial charge in [-0.15, -0.1) is 0 Å². The van der Waals surface area contributed by atoms with Crippen LogP contribution in [0.25, 0.3) is 6.08 Å². The van der Waals surface area contributed by atoms with Crippen molar-refractivity contribution in [1.82, 2.24) is 5.43 Å². The number of nitrogens with one attached hydrogen (secondary N) is 2. The lowest BCUT2D eigenvalue weighted by Gasteiger charge is -2.14. The topological polar surface area (TPSA) is 87.7 Å². The van der Waals surface area contributed by atoms with Gasteiger partial charge in [-0.25, -0.2) is 9.40 Å². The fraction of sp³-hybridized carbons (Fsp3) is 0.0417. The maximum absolute atomic E-state index is 13.3. The molecule has 0 aliphatic carbocycles. The van der Waals surface area contributed by atoms with E-state index in [0.29, 0.717) is 20.7 Å². The van der Waals surface area contributed by atoms with E-state index in [0.717, 1.165) is 5.01 Å². The van der Waals surface area contributed by atoms with Crippen LogP contribution in [0.4, 0.5) is 15.8 Å². The molecule has 0 spiro atoms. The van der Waals surface area contributed by atoms with Gasteiger partial charge < -0.3 is 10.1 Å². The summed E-state index contributed by atoms with van der Waals surface area (Å²) in [6.07, 6.45) is 1.34. The molecule has 1 aliphatic heterocycles. The maximum atomic E-state index is 13.3. The first-order chi connectivity index (χ1) is 16.3. The quantitative estimate of drug-likeness (QED) is 0.347. The predicted octanol–water partition coefficient (Wildman–Crippen LogP) is 4.72. The summed E-state index contributed by atoms with van der Waals surface area (Å²) in [6, 6.07) is 17.1. The molecule has 3 amide bonds. The number of hydrogen-bond donors (Lipinski definition) is 2. The maximum Gasteiger partial charge on any atom is 0.282 e. The third kappa shape index (κ3) is 5.27. The molecule has 1 heterocycles. The monoisotopic (exact) mass is 543 g/mol. The molecule has 3 aromatic carbocycles. The lowest BCUT2D eigenvalue weighted by molar-refractivity contribution is -0.118. The normalized spacial score (nSPS) is 14.3. The summed E-state index contributed by atoms with van der Waals surface area (Å²) < 4.78 is 19.4. The zero-order valence-electron chi connectivity index (χ0n) is 17.3.